The Balaban J connectivity index is 2.27. The van der Waals surface area contributed by atoms with Gasteiger partial charge in [-0.15, -0.1) is 0 Å². The molecule has 1 fully saturated rings. The Morgan fingerprint density at radius 3 is 3.00 bits per heavy atom. The summed E-state index contributed by atoms with van der Waals surface area (Å²) < 4.78 is 18.7. The van der Waals surface area contributed by atoms with E-state index in [-0.39, 0.29) is 11.9 Å². The van der Waals surface area contributed by atoms with Crippen LogP contribution in [0.4, 0.5) is 10.1 Å². The summed E-state index contributed by atoms with van der Waals surface area (Å²) in [6, 6.07) is 5.27. The van der Waals surface area contributed by atoms with E-state index in [9.17, 15) is 4.39 Å². The Morgan fingerprint density at radius 2 is 2.31 bits per heavy atom. The van der Waals surface area contributed by atoms with Gasteiger partial charge in [0.1, 0.15) is 5.82 Å². The van der Waals surface area contributed by atoms with Gasteiger partial charge in [0, 0.05) is 24.8 Å². The van der Waals surface area contributed by atoms with Crippen LogP contribution in [-0.4, -0.2) is 25.8 Å². The van der Waals surface area contributed by atoms with Gasteiger partial charge in [-0.3, -0.25) is 0 Å². The summed E-state index contributed by atoms with van der Waals surface area (Å²) in [5.41, 5.74) is 7.27. The molecule has 16 heavy (non-hydrogen) atoms. The molecule has 88 valence electrons. The first-order valence-corrected chi connectivity index (χ1v) is 5.54. The predicted molar refractivity (Wildman–Crippen MR) is 61.9 cm³/mol. The molecule has 0 spiro atoms. The number of anilines is 1. The lowest BCUT2D eigenvalue weighted by Gasteiger charge is -2.35. The van der Waals surface area contributed by atoms with Gasteiger partial charge in [0.05, 0.1) is 13.2 Å². The van der Waals surface area contributed by atoms with Crippen LogP contribution < -0.4 is 10.6 Å². The molecule has 0 radical (unpaired) electrons. The summed E-state index contributed by atoms with van der Waals surface area (Å²) in [6.45, 7) is 4.62. The van der Waals surface area contributed by atoms with E-state index in [1.54, 1.807) is 6.07 Å². The number of nitrogens with zero attached hydrogens (tertiary/aromatic N) is 1. The van der Waals surface area contributed by atoms with E-state index in [4.69, 9.17) is 10.5 Å². The van der Waals surface area contributed by atoms with Gasteiger partial charge < -0.3 is 15.4 Å². The standard InChI is InChI=1S/C12H17FN2O/c1-9-8-16-3-2-15(9)12-5-10(7-14)4-11(13)6-12/h4-6,9H,2-3,7-8,14H2,1H3. The van der Waals surface area contributed by atoms with Gasteiger partial charge in [0.2, 0.25) is 0 Å². The Bertz CT molecular complexity index is 370. The zero-order chi connectivity index (χ0) is 11.5. The van der Waals surface area contributed by atoms with E-state index < -0.39 is 0 Å². The first-order valence-electron chi connectivity index (χ1n) is 5.54. The highest BCUT2D eigenvalue weighted by Gasteiger charge is 2.19. The highest BCUT2D eigenvalue weighted by atomic mass is 19.1. The van der Waals surface area contributed by atoms with Crippen molar-refractivity contribution in [3.05, 3.63) is 29.6 Å². The average molecular weight is 224 g/mol. The lowest BCUT2D eigenvalue weighted by molar-refractivity contribution is 0.0989. The van der Waals surface area contributed by atoms with Crippen LogP contribution in [0, 0.1) is 5.82 Å². The Morgan fingerprint density at radius 1 is 1.50 bits per heavy atom. The van der Waals surface area contributed by atoms with Crippen LogP contribution in [0.25, 0.3) is 0 Å². The summed E-state index contributed by atoms with van der Waals surface area (Å²) in [7, 11) is 0. The molecule has 3 nitrogen and oxygen atoms in total. The molecule has 2 rings (SSSR count). The highest BCUT2D eigenvalue weighted by molar-refractivity contribution is 5.50. The number of hydrogen-bond acceptors (Lipinski definition) is 3. The largest absolute Gasteiger partial charge is 0.377 e. The van der Waals surface area contributed by atoms with Gasteiger partial charge in [0.15, 0.2) is 0 Å². The fraction of sp³-hybridized carbons (Fsp3) is 0.500. The van der Waals surface area contributed by atoms with Crippen LogP contribution in [0.3, 0.4) is 0 Å². The third-order valence-corrected chi connectivity index (χ3v) is 2.88. The van der Waals surface area contributed by atoms with Crippen LogP contribution in [0.5, 0.6) is 0 Å². The molecule has 1 saturated heterocycles. The molecule has 0 saturated carbocycles. The molecule has 2 N–H and O–H groups in total. The maximum atomic E-state index is 13.4. The average Bonchev–Trinajstić information content (AvgIpc) is 2.28. The SMILES string of the molecule is CC1COCCN1c1cc(F)cc(CN)c1. The second kappa shape index (κ2) is 4.80. The van der Waals surface area contributed by atoms with E-state index in [1.165, 1.54) is 6.07 Å². The van der Waals surface area contributed by atoms with Crippen molar-refractivity contribution in [3.63, 3.8) is 0 Å². The Kier molecular flexibility index (Phi) is 3.41. The van der Waals surface area contributed by atoms with Gasteiger partial charge in [-0.1, -0.05) is 0 Å². The summed E-state index contributed by atoms with van der Waals surface area (Å²) in [5.74, 6) is -0.225. The fourth-order valence-corrected chi connectivity index (χ4v) is 2.03. The molecule has 1 atom stereocenters. The first-order chi connectivity index (χ1) is 7.70. The molecule has 1 aromatic carbocycles. The molecule has 0 aromatic heterocycles. The molecule has 1 aliphatic heterocycles. The normalized spacial score (nSPS) is 21.2. The smallest absolute Gasteiger partial charge is 0.125 e. The quantitative estimate of drug-likeness (QED) is 0.827. The minimum absolute atomic E-state index is 0.225. The van der Waals surface area contributed by atoms with Gasteiger partial charge >= 0.3 is 0 Å². The lowest BCUT2D eigenvalue weighted by Crippen LogP contribution is -2.43. The molecule has 1 heterocycles. The van der Waals surface area contributed by atoms with Crippen molar-refractivity contribution < 1.29 is 9.13 Å². The summed E-state index contributed by atoms with van der Waals surface area (Å²) in [4.78, 5) is 2.16. The van der Waals surface area contributed by atoms with E-state index in [0.717, 1.165) is 17.8 Å². The Hall–Kier alpha value is -1.13. The van der Waals surface area contributed by atoms with Crippen molar-refractivity contribution in [3.8, 4) is 0 Å². The van der Waals surface area contributed by atoms with Gasteiger partial charge in [0.25, 0.3) is 0 Å². The topological polar surface area (TPSA) is 38.5 Å². The third-order valence-electron chi connectivity index (χ3n) is 2.88. The predicted octanol–water partition coefficient (Wildman–Crippen LogP) is 1.51. The number of rotatable bonds is 2. The van der Waals surface area contributed by atoms with Crippen molar-refractivity contribution in [1.82, 2.24) is 0 Å². The number of nitrogens with two attached hydrogens (primary N) is 1. The summed E-state index contributed by atoms with van der Waals surface area (Å²) in [5, 5.41) is 0. The van der Waals surface area contributed by atoms with Crippen LogP contribution in [0.2, 0.25) is 0 Å². The van der Waals surface area contributed by atoms with E-state index in [2.05, 4.69) is 11.8 Å². The van der Waals surface area contributed by atoms with Crippen LogP contribution in [0.1, 0.15) is 12.5 Å². The summed E-state index contributed by atoms with van der Waals surface area (Å²) in [6.07, 6.45) is 0. The molecule has 4 heteroatoms. The molecule has 0 bridgehead atoms. The fourth-order valence-electron chi connectivity index (χ4n) is 2.03. The molecule has 1 aromatic rings. The van der Waals surface area contributed by atoms with Crippen molar-refractivity contribution >= 4 is 5.69 Å². The maximum Gasteiger partial charge on any atom is 0.125 e. The maximum absolute atomic E-state index is 13.4. The minimum atomic E-state index is -0.225. The zero-order valence-corrected chi connectivity index (χ0v) is 9.45. The van der Waals surface area contributed by atoms with Crippen LogP contribution in [0.15, 0.2) is 18.2 Å². The van der Waals surface area contributed by atoms with Gasteiger partial charge in [-0.05, 0) is 30.7 Å². The zero-order valence-electron chi connectivity index (χ0n) is 9.45. The molecule has 1 unspecified atom stereocenters. The Labute approximate surface area is 95.0 Å². The van der Waals surface area contributed by atoms with Crippen molar-refractivity contribution in [2.75, 3.05) is 24.7 Å². The molecular formula is C12H17FN2O. The first kappa shape index (κ1) is 11.4. The second-order valence-corrected chi connectivity index (χ2v) is 4.14. The van der Waals surface area contributed by atoms with Crippen molar-refractivity contribution in [2.45, 2.75) is 19.5 Å². The highest BCUT2D eigenvalue weighted by Crippen LogP contribution is 2.22. The van der Waals surface area contributed by atoms with E-state index in [0.29, 0.717) is 19.8 Å². The van der Waals surface area contributed by atoms with Gasteiger partial charge in [-0.2, -0.15) is 0 Å². The van der Waals surface area contributed by atoms with Crippen molar-refractivity contribution in [2.24, 2.45) is 5.73 Å². The molecular weight excluding hydrogens is 207 g/mol. The molecule has 1 aliphatic rings. The third kappa shape index (κ3) is 2.33. The molecule has 0 amide bonds. The number of hydrogen-bond donors (Lipinski definition) is 1. The number of morpholine rings is 1. The second-order valence-electron chi connectivity index (χ2n) is 4.14. The van der Waals surface area contributed by atoms with Crippen molar-refractivity contribution in [1.29, 1.82) is 0 Å². The minimum Gasteiger partial charge on any atom is -0.377 e. The monoisotopic (exact) mass is 224 g/mol. The van der Waals surface area contributed by atoms with E-state index in [1.807, 2.05) is 6.07 Å². The summed E-state index contributed by atoms with van der Waals surface area (Å²) >= 11 is 0. The number of halogens is 1. The number of ether oxygens (including phenoxy) is 1. The van der Waals surface area contributed by atoms with Crippen LogP contribution in [-0.2, 0) is 11.3 Å². The molecule has 0 aliphatic carbocycles. The van der Waals surface area contributed by atoms with Gasteiger partial charge in [-0.25, -0.2) is 4.39 Å². The number of benzene rings is 1. The van der Waals surface area contributed by atoms with Crippen LogP contribution >= 0.6 is 0 Å². The van der Waals surface area contributed by atoms with E-state index >= 15 is 0 Å². The lowest BCUT2D eigenvalue weighted by atomic mass is 10.1.